The van der Waals surface area contributed by atoms with E-state index in [1.54, 1.807) is 23.5 Å². The van der Waals surface area contributed by atoms with Crippen molar-refractivity contribution in [2.75, 3.05) is 0 Å². The van der Waals surface area contributed by atoms with Crippen molar-refractivity contribution >= 4 is 33.0 Å². The van der Waals surface area contributed by atoms with Crippen LogP contribution in [-0.2, 0) is 6.42 Å². The molecule has 1 nitrogen and oxygen atoms in total. The summed E-state index contributed by atoms with van der Waals surface area (Å²) in [6, 6.07) is 6.67. The van der Waals surface area contributed by atoms with Crippen LogP contribution in [0.4, 0.5) is 4.39 Å². The summed E-state index contributed by atoms with van der Waals surface area (Å²) < 4.78 is 14.5. The number of benzene rings is 1. The van der Waals surface area contributed by atoms with Crippen molar-refractivity contribution in [1.29, 1.82) is 0 Å². The van der Waals surface area contributed by atoms with E-state index < -0.39 is 5.82 Å². The summed E-state index contributed by atoms with van der Waals surface area (Å²) in [6.07, 6.45) is 2.84. The van der Waals surface area contributed by atoms with Crippen molar-refractivity contribution < 1.29 is 9.18 Å². The van der Waals surface area contributed by atoms with Crippen LogP contribution < -0.4 is 0 Å². The Kier molecular flexibility index (Phi) is 3.54. The number of halogens is 2. The number of carbonyl (C=O) groups is 1. The highest BCUT2D eigenvalue weighted by molar-refractivity contribution is 9.10. The second-order valence-electron chi connectivity index (χ2n) is 4.70. The minimum atomic E-state index is -0.443. The van der Waals surface area contributed by atoms with Crippen LogP contribution in [0.1, 0.15) is 39.6 Å². The van der Waals surface area contributed by atoms with Gasteiger partial charge in [0.2, 0.25) is 0 Å². The highest BCUT2D eigenvalue weighted by Crippen LogP contribution is 2.38. The zero-order valence-corrected chi connectivity index (χ0v) is 12.6. The highest BCUT2D eigenvalue weighted by Gasteiger charge is 2.30. The summed E-state index contributed by atoms with van der Waals surface area (Å²) in [6.45, 7) is 0. The molecule has 0 fully saturated rings. The van der Waals surface area contributed by atoms with Crippen LogP contribution in [0.5, 0.6) is 0 Å². The van der Waals surface area contributed by atoms with Gasteiger partial charge in [0.15, 0.2) is 5.78 Å². The monoisotopic (exact) mass is 338 g/mol. The third-order valence-corrected chi connectivity index (χ3v) is 5.23. The van der Waals surface area contributed by atoms with E-state index >= 15 is 0 Å². The van der Waals surface area contributed by atoms with E-state index in [0.29, 0.717) is 4.47 Å². The number of Topliss-reactive ketones (excluding diaryl/α,β-unsaturated/α-hetero) is 1. The van der Waals surface area contributed by atoms with Gasteiger partial charge in [-0.05, 0) is 64.3 Å². The van der Waals surface area contributed by atoms with Gasteiger partial charge in [0.25, 0.3) is 0 Å². The van der Waals surface area contributed by atoms with Crippen LogP contribution >= 0.6 is 27.3 Å². The average molecular weight is 339 g/mol. The number of rotatable bonds is 2. The Morgan fingerprint density at radius 3 is 3.00 bits per heavy atom. The molecule has 0 spiro atoms. The van der Waals surface area contributed by atoms with E-state index in [9.17, 15) is 9.18 Å². The average Bonchev–Trinajstić information content (AvgIpc) is 2.86. The fourth-order valence-electron chi connectivity index (χ4n) is 2.67. The molecule has 1 aliphatic carbocycles. The van der Waals surface area contributed by atoms with E-state index in [1.165, 1.54) is 10.9 Å². The quantitative estimate of drug-likeness (QED) is 0.708. The molecule has 19 heavy (non-hydrogen) atoms. The first-order valence-corrected chi connectivity index (χ1v) is 7.90. The largest absolute Gasteiger partial charge is 0.293 e. The Bertz CT molecular complexity index is 615. The molecule has 2 aromatic rings. The predicted octanol–water partition coefficient (Wildman–Crippen LogP) is 4.95. The lowest BCUT2D eigenvalue weighted by atomic mass is 9.82. The van der Waals surface area contributed by atoms with Crippen molar-refractivity contribution in [1.82, 2.24) is 0 Å². The van der Waals surface area contributed by atoms with Gasteiger partial charge in [0.1, 0.15) is 5.82 Å². The number of hydrogen-bond donors (Lipinski definition) is 0. The second kappa shape index (κ2) is 5.17. The molecule has 3 rings (SSSR count). The maximum Gasteiger partial charge on any atom is 0.174 e. The molecule has 1 aliphatic rings. The van der Waals surface area contributed by atoms with Crippen molar-refractivity contribution in [2.45, 2.75) is 25.2 Å². The standard InChI is InChI=1S/C15H12BrFOS/c16-11-4-2-5-12(17)14(11)15(18)10-3-1-6-13-9(10)7-8-19-13/h2,4-5,7-8,10H,1,3,6H2. The molecule has 0 amide bonds. The summed E-state index contributed by atoms with van der Waals surface area (Å²) in [5.74, 6) is -0.741. The maximum absolute atomic E-state index is 13.9. The first-order chi connectivity index (χ1) is 9.18. The van der Waals surface area contributed by atoms with Gasteiger partial charge in [-0.3, -0.25) is 4.79 Å². The molecule has 1 heterocycles. The first kappa shape index (κ1) is 13.0. The van der Waals surface area contributed by atoms with Crippen molar-refractivity contribution in [3.05, 3.63) is 55.9 Å². The number of aryl methyl sites for hydroxylation is 1. The molecule has 1 unspecified atom stereocenters. The molecule has 1 atom stereocenters. The summed E-state index contributed by atoms with van der Waals surface area (Å²) in [5, 5.41) is 2.02. The summed E-state index contributed by atoms with van der Waals surface area (Å²) in [7, 11) is 0. The SMILES string of the molecule is O=C(c1c(F)cccc1Br)C1CCCc2sccc21. The Hall–Kier alpha value is -1.00. The maximum atomic E-state index is 13.9. The van der Waals surface area contributed by atoms with Crippen LogP contribution in [-0.4, -0.2) is 5.78 Å². The van der Waals surface area contributed by atoms with E-state index in [2.05, 4.69) is 15.9 Å². The van der Waals surface area contributed by atoms with Gasteiger partial charge in [-0.15, -0.1) is 11.3 Å². The van der Waals surface area contributed by atoms with Gasteiger partial charge in [-0.1, -0.05) is 6.07 Å². The Labute approximate surface area is 123 Å². The van der Waals surface area contributed by atoms with Gasteiger partial charge in [-0.2, -0.15) is 0 Å². The summed E-state index contributed by atoms with van der Waals surface area (Å²) in [4.78, 5) is 13.9. The lowest BCUT2D eigenvalue weighted by molar-refractivity contribution is 0.0946. The zero-order valence-electron chi connectivity index (χ0n) is 10.2. The van der Waals surface area contributed by atoms with Crippen LogP contribution in [0.25, 0.3) is 0 Å². The van der Waals surface area contributed by atoms with E-state index in [4.69, 9.17) is 0 Å². The summed E-state index contributed by atoms with van der Waals surface area (Å²) >= 11 is 4.98. The van der Waals surface area contributed by atoms with Gasteiger partial charge in [0.05, 0.1) is 5.56 Å². The molecular weight excluding hydrogens is 327 g/mol. The van der Waals surface area contributed by atoms with Gasteiger partial charge in [-0.25, -0.2) is 4.39 Å². The molecule has 1 aromatic carbocycles. The van der Waals surface area contributed by atoms with Crippen LogP contribution in [0.15, 0.2) is 34.1 Å². The van der Waals surface area contributed by atoms with Crippen molar-refractivity contribution in [3.63, 3.8) is 0 Å². The second-order valence-corrected chi connectivity index (χ2v) is 6.56. The minimum Gasteiger partial charge on any atom is -0.293 e. The first-order valence-electron chi connectivity index (χ1n) is 6.23. The van der Waals surface area contributed by atoms with Gasteiger partial charge >= 0.3 is 0 Å². The smallest absolute Gasteiger partial charge is 0.174 e. The van der Waals surface area contributed by atoms with Gasteiger partial charge in [0, 0.05) is 15.3 Å². The predicted molar refractivity (Wildman–Crippen MR) is 78.4 cm³/mol. The summed E-state index contributed by atoms with van der Waals surface area (Å²) in [5.41, 5.74) is 1.28. The number of ketones is 1. The lowest BCUT2D eigenvalue weighted by Crippen LogP contribution is -2.18. The van der Waals surface area contributed by atoms with Crippen molar-refractivity contribution in [2.24, 2.45) is 0 Å². The molecule has 0 aliphatic heterocycles. The fraction of sp³-hybridized carbons (Fsp3) is 0.267. The van der Waals surface area contributed by atoms with E-state index in [0.717, 1.165) is 24.8 Å². The molecule has 0 saturated heterocycles. The minimum absolute atomic E-state index is 0.107. The Balaban J connectivity index is 2.03. The normalized spacial score (nSPS) is 18.1. The Morgan fingerprint density at radius 2 is 2.21 bits per heavy atom. The number of carbonyl (C=O) groups excluding carboxylic acids is 1. The number of fused-ring (bicyclic) bond motifs is 1. The number of thiophene rings is 1. The van der Waals surface area contributed by atoms with E-state index in [1.807, 2.05) is 11.4 Å². The molecule has 0 radical (unpaired) electrons. The van der Waals surface area contributed by atoms with Crippen LogP contribution in [0.2, 0.25) is 0 Å². The number of hydrogen-bond acceptors (Lipinski definition) is 2. The highest BCUT2D eigenvalue weighted by atomic mass is 79.9. The molecule has 0 N–H and O–H groups in total. The van der Waals surface area contributed by atoms with Crippen LogP contribution in [0, 0.1) is 5.82 Å². The van der Waals surface area contributed by atoms with Crippen molar-refractivity contribution in [3.8, 4) is 0 Å². The molecular formula is C15H12BrFOS. The third kappa shape index (κ3) is 2.28. The molecule has 0 saturated carbocycles. The fourth-order valence-corrected chi connectivity index (χ4v) is 4.19. The topological polar surface area (TPSA) is 17.1 Å². The third-order valence-electron chi connectivity index (χ3n) is 3.58. The van der Waals surface area contributed by atoms with Gasteiger partial charge < -0.3 is 0 Å². The molecule has 0 bridgehead atoms. The molecule has 98 valence electrons. The zero-order chi connectivity index (χ0) is 13.4. The van der Waals surface area contributed by atoms with Crippen LogP contribution in [0.3, 0.4) is 0 Å². The lowest BCUT2D eigenvalue weighted by Gasteiger charge is -2.22. The molecule has 4 heteroatoms. The van der Waals surface area contributed by atoms with E-state index in [-0.39, 0.29) is 17.3 Å². The Morgan fingerprint density at radius 1 is 1.37 bits per heavy atom. The molecule has 1 aromatic heterocycles.